The van der Waals surface area contributed by atoms with Gasteiger partial charge in [0.25, 0.3) is 0 Å². The van der Waals surface area contributed by atoms with E-state index in [1.165, 1.54) is 0 Å². The number of nitrogens with zero attached hydrogens (tertiary/aromatic N) is 5. The van der Waals surface area contributed by atoms with E-state index in [9.17, 15) is 0 Å². The van der Waals surface area contributed by atoms with Crippen LogP contribution in [0.3, 0.4) is 0 Å². The van der Waals surface area contributed by atoms with Crippen molar-refractivity contribution in [3.63, 3.8) is 0 Å². The summed E-state index contributed by atoms with van der Waals surface area (Å²) >= 11 is 6.02. The molecule has 28 heavy (non-hydrogen) atoms. The van der Waals surface area contributed by atoms with Crippen molar-refractivity contribution in [3.05, 3.63) is 65.6 Å². The van der Waals surface area contributed by atoms with Gasteiger partial charge in [0.1, 0.15) is 0 Å². The minimum Gasteiger partial charge on any atom is -0.324 e. The van der Waals surface area contributed by atoms with Gasteiger partial charge in [-0.1, -0.05) is 17.7 Å². The minimum absolute atomic E-state index is 0.396. The van der Waals surface area contributed by atoms with E-state index in [4.69, 9.17) is 16.9 Å². The van der Waals surface area contributed by atoms with Gasteiger partial charge < -0.3 is 10.7 Å². The molecule has 3 rings (SSSR count). The smallest absolute Gasteiger partial charge is 0.227 e. The van der Waals surface area contributed by atoms with Crippen molar-refractivity contribution in [2.24, 2.45) is 5.10 Å². The Morgan fingerprint density at radius 1 is 1.18 bits per heavy atom. The zero-order valence-electron chi connectivity index (χ0n) is 15.2. The van der Waals surface area contributed by atoms with Gasteiger partial charge in [0.15, 0.2) is 0 Å². The standard InChI is InChI=1S/C20H18ClN7/c1-14(28-25-9-3-8-22)19-12-15(6-10-23-19)18-7-11-24-20(27-18)26-17-5-2-4-16(21)13-17/h2,4-7,10-13,25H,3,9H2,1H3,(H,24,26,27). The monoisotopic (exact) mass is 391 g/mol. The molecule has 2 N–H and O–H groups in total. The lowest BCUT2D eigenvalue weighted by atomic mass is 10.1. The maximum Gasteiger partial charge on any atom is 0.227 e. The molecule has 0 aliphatic rings. The lowest BCUT2D eigenvalue weighted by Crippen LogP contribution is -2.11. The van der Waals surface area contributed by atoms with Gasteiger partial charge in [-0.05, 0) is 43.3 Å². The highest BCUT2D eigenvalue weighted by atomic mass is 35.5. The van der Waals surface area contributed by atoms with E-state index in [2.05, 4.69) is 36.9 Å². The summed E-state index contributed by atoms with van der Waals surface area (Å²) in [6.45, 7) is 2.36. The molecule has 0 aliphatic carbocycles. The Morgan fingerprint density at radius 3 is 2.86 bits per heavy atom. The number of aromatic nitrogens is 3. The first-order chi connectivity index (χ1) is 13.7. The lowest BCUT2D eigenvalue weighted by molar-refractivity contribution is 0.746. The molecule has 140 valence electrons. The molecular formula is C20H18ClN7. The van der Waals surface area contributed by atoms with Crippen molar-refractivity contribution in [3.8, 4) is 17.3 Å². The predicted molar refractivity (Wildman–Crippen MR) is 110 cm³/mol. The molecule has 0 saturated carbocycles. The van der Waals surface area contributed by atoms with E-state index < -0.39 is 0 Å². The van der Waals surface area contributed by atoms with Crippen molar-refractivity contribution < 1.29 is 0 Å². The summed E-state index contributed by atoms with van der Waals surface area (Å²) in [5.74, 6) is 0.474. The SMILES string of the molecule is CC(=NNCCC#N)c1cc(-c2ccnc(Nc3cccc(Cl)c3)n2)ccn1. The quantitative estimate of drug-likeness (QED) is 0.356. The summed E-state index contributed by atoms with van der Waals surface area (Å²) in [5, 5.41) is 16.6. The summed E-state index contributed by atoms with van der Waals surface area (Å²) in [7, 11) is 0. The van der Waals surface area contributed by atoms with E-state index >= 15 is 0 Å². The van der Waals surface area contributed by atoms with E-state index in [0.717, 1.165) is 28.4 Å². The van der Waals surface area contributed by atoms with Gasteiger partial charge >= 0.3 is 0 Å². The first kappa shape index (κ1) is 19.3. The number of hydrogen-bond donors (Lipinski definition) is 2. The molecule has 0 atom stereocenters. The summed E-state index contributed by atoms with van der Waals surface area (Å²) < 4.78 is 0. The van der Waals surface area contributed by atoms with Crippen LogP contribution in [0.15, 0.2) is 60.0 Å². The van der Waals surface area contributed by atoms with Crippen molar-refractivity contribution in [1.29, 1.82) is 5.26 Å². The maximum atomic E-state index is 8.57. The molecule has 1 aromatic carbocycles. The number of halogens is 1. The fraction of sp³-hybridized carbons (Fsp3) is 0.150. The highest BCUT2D eigenvalue weighted by Crippen LogP contribution is 2.21. The van der Waals surface area contributed by atoms with Crippen LogP contribution in [0.1, 0.15) is 19.0 Å². The summed E-state index contributed by atoms with van der Waals surface area (Å²) in [4.78, 5) is 13.2. The predicted octanol–water partition coefficient (Wildman–Crippen LogP) is 4.16. The molecule has 0 saturated heterocycles. The topological polar surface area (TPSA) is 98.9 Å². The van der Waals surface area contributed by atoms with E-state index in [-0.39, 0.29) is 0 Å². The van der Waals surface area contributed by atoms with Crippen LogP contribution >= 0.6 is 11.6 Å². The average Bonchev–Trinajstić information content (AvgIpc) is 2.71. The second-order valence-corrected chi connectivity index (χ2v) is 6.28. The van der Waals surface area contributed by atoms with Crippen LogP contribution in [0.5, 0.6) is 0 Å². The fourth-order valence-electron chi connectivity index (χ4n) is 2.41. The van der Waals surface area contributed by atoms with Crippen LogP contribution in [0.2, 0.25) is 5.02 Å². The van der Waals surface area contributed by atoms with Crippen molar-refractivity contribution in [2.45, 2.75) is 13.3 Å². The fourth-order valence-corrected chi connectivity index (χ4v) is 2.60. The van der Waals surface area contributed by atoms with Crippen LogP contribution in [-0.4, -0.2) is 27.2 Å². The third kappa shape index (κ3) is 5.25. The molecule has 2 aromatic heterocycles. The summed E-state index contributed by atoms with van der Waals surface area (Å²) in [5.41, 5.74) is 6.78. The number of hydrazone groups is 1. The number of anilines is 2. The van der Waals surface area contributed by atoms with Crippen LogP contribution in [0.25, 0.3) is 11.3 Å². The highest BCUT2D eigenvalue weighted by molar-refractivity contribution is 6.30. The van der Waals surface area contributed by atoms with Crippen molar-refractivity contribution in [2.75, 3.05) is 11.9 Å². The Balaban J connectivity index is 1.79. The van der Waals surface area contributed by atoms with E-state index in [1.54, 1.807) is 18.5 Å². The van der Waals surface area contributed by atoms with Crippen molar-refractivity contribution in [1.82, 2.24) is 20.4 Å². The van der Waals surface area contributed by atoms with Crippen LogP contribution in [-0.2, 0) is 0 Å². The summed E-state index contributed by atoms with van der Waals surface area (Å²) in [6.07, 6.45) is 3.80. The normalized spacial score (nSPS) is 11.0. The first-order valence-corrected chi connectivity index (χ1v) is 9.00. The van der Waals surface area contributed by atoms with Gasteiger partial charge in [-0.25, -0.2) is 9.97 Å². The molecule has 0 bridgehead atoms. The number of benzene rings is 1. The molecular weight excluding hydrogens is 374 g/mol. The molecule has 2 heterocycles. The molecule has 0 amide bonds. The van der Waals surface area contributed by atoms with Gasteiger partial charge in [0.05, 0.1) is 29.6 Å². The number of nitriles is 1. The molecule has 7 nitrogen and oxygen atoms in total. The Hall–Kier alpha value is -3.50. The second-order valence-electron chi connectivity index (χ2n) is 5.84. The van der Waals surface area contributed by atoms with Gasteiger partial charge in [-0.15, -0.1) is 0 Å². The van der Waals surface area contributed by atoms with Crippen LogP contribution < -0.4 is 10.7 Å². The van der Waals surface area contributed by atoms with Crippen molar-refractivity contribution >= 4 is 28.9 Å². The molecule has 0 radical (unpaired) electrons. The second kappa shape index (κ2) is 9.44. The van der Waals surface area contributed by atoms with Gasteiger partial charge in [0.2, 0.25) is 5.95 Å². The van der Waals surface area contributed by atoms with Gasteiger partial charge in [-0.2, -0.15) is 10.4 Å². The molecule has 0 aliphatic heterocycles. The number of rotatable bonds is 7. The highest BCUT2D eigenvalue weighted by Gasteiger charge is 2.07. The molecule has 0 unspecified atom stereocenters. The first-order valence-electron chi connectivity index (χ1n) is 8.62. The average molecular weight is 392 g/mol. The number of hydrogen-bond acceptors (Lipinski definition) is 7. The zero-order chi connectivity index (χ0) is 19.8. The van der Waals surface area contributed by atoms with Gasteiger partial charge in [0, 0.05) is 35.2 Å². The number of nitrogens with one attached hydrogen (secondary N) is 2. The Kier molecular flexibility index (Phi) is 6.50. The molecule has 3 aromatic rings. The largest absolute Gasteiger partial charge is 0.324 e. The van der Waals surface area contributed by atoms with Gasteiger partial charge in [-0.3, -0.25) is 4.98 Å². The molecule has 0 spiro atoms. The Labute approximate surface area is 168 Å². The maximum absolute atomic E-state index is 8.57. The Morgan fingerprint density at radius 2 is 2.04 bits per heavy atom. The zero-order valence-corrected chi connectivity index (χ0v) is 16.0. The Bertz CT molecular complexity index is 1030. The van der Waals surface area contributed by atoms with E-state index in [1.807, 2.05) is 43.3 Å². The molecule has 8 heteroatoms. The summed E-state index contributed by atoms with van der Waals surface area (Å²) in [6, 6.07) is 15.1. The van der Waals surface area contributed by atoms with E-state index in [0.29, 0.717) is 23.9 Å². The third-order valence-corrected chi connectivity index (χ3v) is 3.99. The minimum atomic E-state index is 0.396. The molecule has 0 fully saturated rings. The number of pyridine rings is 1. The lowest BCUT2D eigenvalue weighted by Gasteiger charge is -2.08. The van der Waals surface area contributed by atoms with Crippen LogP contribution in [0.4, 0.5) is 11.6 Å². The third-order valence-electron chi connectivity index (χ3n) is 3.76. The van der Waals surface area contributed by atoms with Crippen LogP contribution in [0, 0.1) is 11.3 Å².